The third-order valence-corrected chi connectivity index (χ3v) is 6.16. The quantitative estimate of drug-likeness (QED) is 0.538. The molecule has 4 heterocycles. The molecule has 3 aromatic heterocycles. The molecule has 1 aromatic carbocycles. The SMILES string of the molecule is O=c1[nH]c(-c2cccs2)nc2c1CN(Cc1ccc(-c3ccccc3F)nc1)CC2. The number of benzene rings is 1. The molecule has 0 bridgehead atoms. The molecule has 5 rings (SSSR count). The second kappa shape index (κ2) is 7.93. The number of H-pyrrole nitrogens is 1. The van der Waals surface area contributed by atoms with E-state index in [1.807, 2.05) is 29.6 Å². The van der Waals surface area contributed by atoms with Crippen molar-refractivity contribution in [2.75, 3.05) is 6.54 Å². The van der Waals surface area contributed by atoms with E-state index in [2.05, 4.69) is 14.9 Å². The highest BCUT2D eigenvalue weighted by Gasteiger charge is 2.22. The largest absolute Gasteiger partial charge is 0.306 e. The lowest BCUT2D eigenvalue weighted by Gasteiger charge is -2.27. The minimum atomic E-state index is -0.279. The number of aromatic amines is 1. The molecule has 1 N–H and O–H groups in total. The molecule has 5 nitrogen and oxygen atoms in total. The molecule has 1 aliphatic heterocycles. The molecule has 150 valence electrons. The third kappa shape index (κ3) is 3.69. The Morgan fingerprint density at radius 2 is 2.03 bits per heavy atom. The number of aromatic nitrogens is 3. The maximum Gasteiger partial charge on any atom is 0.255 e. The lowest BCUT2D eigenvalue weighted by Crippen LogP contribution is -2.35. The topological polar surface area (TPSA) is 61.9 Å². The van der Waals surface area contributed by atoms with Crippen LogP contribution in [-0.4, -0.2) is 26.4 Å². The molecule has 0 unspecified atom stereocenters. The smallest absolute Gasteiger partial charge is 0.255 e. The van der Waals surface area contributed by atoms with Gasteiger partial charge in [-0.15, -0.1) is 11.3 Å². The van der Waals surface area contributed by atoms with Gasteiger partial charge in [0.2, 0.25) is 0 Å². The van der Waals surface area contributed by atoms with Gasteiger partial charge in [-0.2, -0.15) is 0 Å². The first-order valence-electron chi connectivity index (χ1n) is 9.75. The normalized spacial score (nSPS) is 13.9. The highest BCUT2D eigenvalue weighted by atomic mass is 32.1. The first-order valence-corrected chi connectivity index (χ1v) is 10.6. The average Bonchev–Trinajstić information content (AvgIpc) is 3.30. The van der Waals surface area contributed by atoms with Gasteiger partial charge in [0, 0.05) is 37.8 Å². The van der Waals surface area contributed by atoms with Crippen LogP contribution in [0.3, 0.4) is 0 Å². The molecule has 0 radical (unpaired) electrons. The van der Waals surface area contributed by atoms with Crippen molar-refractivity contribution in [3.8, 4) is 22.0 Å². The average molecular weight is 418 g/mol. The molecular formula is C23H19FN4OS. The number of halogens is 1. The number of thiophene rings is 1. The van der Waals surface area contributed by atoms with E-state index in [1.54, 1.807) is 35.7 Å². The van der Waals surface area contributed by atoms with Crippen LogP contribution in [-0.2, 0) is 19.5 Å². The molecule has 0 saturated carbocycles. The van der Waals surface area contributed by atoms with Crippen LogP contribution in [0.5, 0.6) is 0 Å². The summed E-state index contributed by atoms with van der Waals surface area (Å²) in [6.45, 7) is 2.05. The molecule has 1 aliphatic rings. The molecule has 0 atom stereocenters. The van der Waals surface area contributed by atoms with Gasteiger partial charge in [0.1, 0.15) is 5.82 Å². The Morgan fingerprint density at radius 1 is 1.13 bits per heavy atom. The first kappa shape index (κ1) is 18.8. The van der Waals surface area contributed by atoms with E-state index in [4.69, 9.17) is 4.98 Å². The highest BCUT2D eigenvalue weighted by Crippen LogP contribution is 2.24. The lowest BCUT2D eigenvalue weighted by atomic mass is 10.1. The Kier molecular flexibility index (Phi) is 4.98. The standard InChI is InChI=1S/C23H19FN4OS/c24-18-5-2-1-4-16(18)19-8-7-15(12-25-19)13-28-10-9-20-17(14-28)23(29)27-22(26-20)21-6-3-11-30-21/h1-8,11-12H,9-10,13-14H2,(H,26,27,29). The van der Waals surface area contributed by atoms with Gasteiger partial charge < -0.3 is 4.98 Å². The Hall–Kier alpha value is -3.16. The Balaban J connectivity index is 1.32. The zero-order chi connectivity index (χ0) is 20.5. The minimum Gasteiger partial charge on any atom is -0.306 e. The number of rotatable bonds is 4. The van der Waals surface area contributed by atoms with E-state index in [1.165, 1.54) is 6.07 Å². The summed E-state index contributed by atoms with van der Waals surface area (Å²) in [4.78, 5) is 27.9. The Labute approximate surface area is 176 Å². The third-order valence-electron chi connectivity index (χ3n) is 5.28. The van der Waals surface area contributed by atoms with E-state index in [-0.39, 0.29) is 11.4 Å². The molecule has 0 aliphatic carbocycles. The Bertz CT molecular complexity index is 1240. The van der Waals surface area contributed by atoms with Gasteiger partial charge in [0.15, 0.2) is 5.82 Å². The summed E-state index contributed by atoms with van der Waals surface area (Å²) in [5.74, 6) is 0.370. The van der Waals surface area contributed by atoms with Crippen LogP contribution in [0.1, 0.15) is 16.8 Å². The van der Waals surface area contributed by atoms with Crippen LogP contribution in [0.2, 0.25) is 0 Å². The second-order valence-corrected chi connectivity index (χ2v) is 8.26. The predicted octanol–water partition coefficient (Wildman–Crippen LogP) is 4.26. The van der Waals surface area contributed by atoms with Crippen LogP contribution >= 0.6 is 11.3 Å². The molecular weight excluding hydrogens is 399 g/mol. The molecule has 0 fully saturated rings. The van der Waals surface area contributed by atoms with Crippen molar-refractivity contribution >= 4 is 11.3 Å². The number of hydrogen-bond donors (Lipinski definition) is 1. The zero-order valence-electron chi connectivity index (χ0n) is 16.1. The van der Waals surface area contributed by atoms with Gasteiger partial charge in [-0.05, 0) is 35.2 Å². The van der Waals surface area contributed by atoms with Gasteiger partial charge in [-0.3, -0.25) is 14.7 Å². The van der Waals surface area contributed by atoms with Crippen molar-refractivity contribution < 1.29 is 4.39 Å². The molecule has 0 amide bonds. The van der Waals surface area contributed by atoms with Gasteiger partial charge >= 0.3 is 0 Å². The maximum atomic E-state index is 14.0. The molecule has 30 heavy (non-hydrogen) atoms. The maximum absolute atomic E-state index is 14.0. The minimum absolute atomic E-state index is 0.0684. The van der Waals surface area contributed by atoms with Crippen molar-refractivity contribution in [2.45, 2.75) is 19.5 Å². The van der Waals surface area contributed by atoms with Crippen LogP contribution in [0.4, 0.5) is 4.39 Å². The lowest BCUT2D eigenvalue weighted by molar-refractivity contribution is 0.241. The van der Waals surface area contributed by atoms with Gasteiger partial charge in [-0.25, -0.2) is 9.37 Å². The highest BCUT2D eigenvalue weighted by molar-refractivity contribution is 7.13. The van der Waals surface area contributed by atoms with Gasteiger partial charge in [-0.1, -0.05) is 24.3 Å². The van der Waals surface area contributed by atoms with E-state index < -0.39 is 0 Å². The second-order valence-electron chi connectivity index (χ2n) is 7.31. The van der Waals surface area contributed by atoms with Crippen molar-refractivity contribution in [3.63, 3.8) is 0 Å². The fourth-order valence-electron chi connectivity index (χ4n) is 3.75. The van der Waals surface area contributed by atoms with E-state index in [0.717, 1.165) is 34.7 Å². The van der Waals surface area contributed by atoms with Crippen molar-refractivity contribution in [1.29, 1.82) is 0 Å². The Morgan fingerprint density at radius 3 is 2.80 bits per heavy atom. The van der Waals surface area contributed by atoms with Crippen LogP contribution in [0.15, 0.2) is 64.9 Å². The fraction of sp³-hybridized carbons (Fsp3) is 0.174. The van der Waals surface area contributed by atoms with Crippen molar-refractivity contribution in [2.24, 2.45) is 0 Å². The zero-order valence-corrected chi connectivity index (χ0v) is 17.0. The monoisotopic (exact) mass is 418 g/mol. The number of nitrogens with one attached hydrogen (secondary N) is 1. The number of pyridine rings is 1. The van der Waals surface area contributed by atoms with Gasteiger partial charge in [0.05, 0.1) is 21.8 Å². The van der Waals surface area contributed by atoms with Crippen LogP contribution in [0.25, 0.3) is 22.0 Å². The summed E-state index contributed by atoms with van der Waals surface area (Å²) in [7, 11) is 0. The summed E-state index contributed by atoms with van der Waals surface area (Å²) >= 11 is 1.56. The number of hydrogen-bond acceptors (Lipinski definition) is 5. The molecule has 7 heteroatoms. The predicted molar refractivity (Wildman–Crippen MR) is 116 cm³/mol. The van der Waals surface area contributed by atoms with Crippen molar-refractivity contribution in [3.05, 3.63) is 93.1 Å². The molecule has 0 spiro atoms. The summed E-state index contributed by atoms with van der Waals surface area (Å²) < 4.78 is 14.0. The number of fused-ring (bicyclic) bond motifs is 1. The van der Waals surface area contributed by atoms with E-state index >= 15 is 0 Å². The van der Waals surface area contributed by atoms with Crippen molar-refractivity contribution in [1.82, 2.24) is 19.9 Å². The first-order chi connectivity index (χ1) is 14.7. The summed E-state index contributed by atoms with van der Waals surface area (Å²) in [6, 6.07) is 14.3. The summed E-state index contributed by atoms with van der Waals surface area (Å²) in [6.07, 6.45) is 2.51. The fourth-order valence-corrected chi connectivity index (χ4v) is 4.42. The summed E-state index contributed by atoms with van der Waals surface area (Å²) in [5.41, 5.74) is 3.68. The van der Waals surface area contributed by atoms with Crippen LogP contribution in [0, 0.1) is 5.82 Å². The molecule has 4 aromatic rings. The van der Waals surface area contributed by atoms with E-state index in [0.29, 0.717) is 30.2 Å². The molecule has 0 saturated heterocycles. The van der Waals surface area contributed by atoms with E-state index in [9.17, 15) is 9.18 Å². The number of nitrogens with zero attached hydrogens (tertiary/aromatic N) is 3. The van der Waals surface area contributed by atoms with Gasteiger partial charge in [0.25, 0.3) is 5.56 Å². The summed E-state index contributed by atoms with van der Waals surface area (Å²) in [5, 5.41) is 1.97. The van der Waals surface area contributed by atoms with Crippen LogP contribution < -0.4 is 5.56 Å².